The highest BCUT2D eigenvalue weighted by Crippen LogP contribution is 2.09. The minimum absolute atomic E-state index is 0.0293. The fraction of sp³-hybridized carbons (Fsp3) is 0.400. The van der Waals surface area contributed by atoms with Gasteiger partial charge in [0.2, 0.25) is 11.9 Å². The van der Waals surface area contributed by atoms with Crippen LogP contribution in [-0.2, 0) is 9.59 Å². The van der Waals surface area contributed by atoms with Gasteiger partial charge in [0.25, 0.3) is 0 Å². The Morgan fingerprint density at radius 2 is 2.06 bits per heavy atom. The van der Waals surface area contributed by atoms with Crippen LogP contribution in [-0.4, -0.2) is 21.7 Å². The molecule has 0 saturated carbocycles. The van der Waals surface area contributed by atoms with Crippen molar-refractivity contribution in [3.05, 3.63) is 16.9 Å². The van der Waals surface area contributed by atoms with Gasteiger partial charge in [-0.05, 0) is 19.9 Å². The van der Waals surface area contributed by atoms with Crippen molar-refractivity contribution in [2.24, 2.45) is 0 Å². The molecule has 86 valence electrons. The van der Waals surface area contributed by atoms with Crippen LogP contribution in [0, 0.1) is 6.92 Å². The Bertz CT molecular complexity index is 400. The number of nitrogens with zero attached hydrogens (tertiary/aromatic N) is 2. The maximum Gasteiger partial charge on any atom is 0.231 e. The third kappa shape index (κ3) is 4.35. The predicted molar refractivity (Wildman–Crippen MR) is 60.3 cm³/mol. The molecule has 0 unspecified atom stereocenters. The highest BCUT2D eigenvalue weighted by Gasteiger charge is 2.07. The summed E-state index contributed by atoms with van der Waals surface area (Å²) in [6, 6.07) is 1.59. The second kappa shape index (κ2) is 5.55. The van der Waals surface area contributed by atoms with Crippen molar-refractivity contribution in [1.82, 2.24) is 9.97 Å². The lowest BCUT2D eigenvalue weighted by molar-refractivity contribution is -0.121. The molecule has 16 heavy (non-hydrogen) atoms. The molecule has 1 aromatic rings. The highest BCUT2D eigenvalue weighted by molar-refractivity contribution is 6.29. The Hall–Kier alpha value is -1.49. The number of anilines is 1. The van der Waals surface area contributed by atoms with Crippen molar-refractivity contribution >= 4 is 29.2 Å². The van der Waals surface area contributed by atoms with Crippen molar-refractivity contribution in [1.29, 1.82) is 0 Å². The molecule has 0 bridgehead atoms. The first-order chi connectivity index (χ1) is 7.47. The minimum Gasteiger partial charge on any atom is -0.300 e. The van der Waals surface area contributed by atoms with Crippen LogP contribution in [0.3, 0.4) is 0 Å². The second-order valence-electron chi connectivity index (χ2n) is 3.41. The Balaban J connectivity index is 2.59. The zero-order valence-corrected chi connectivity index (χ0v) is 9.84. The van der Waals surface area contributed by atoms with Gasteiger partial charge in [0.1, 0.15) is 10.9 Å². The molecule has 1 heterocycles. The zero-order chi connectivity index (χ0) is 12.1. The smallest absolute Gasteiger partial charge is 0.231 e. The van der Waals surface area contributed by atoms with E-state index in [4.69, 9.17) is 11.6 Å². The lowest BCUT2D eigenvalue weighted by Crippen LogP contribution is -2.15. The summed E-state index contributed by atoms with van der Waals surface area (Å²) in [4.78, 5) is 29.9. The summed E-state index contributed by atoms with van der Waals surface area (Å²) in [5.74, 6) is -0.159. The summed E-state index contributed by atoms with van der Waals surface area (Å²) in [7, 11) is 0. The highest BCUT2D eigenvalue weighted by atomic mass is 35.5. The average Bonchev–Trinajstić information content (AvgIpc) is 2.12. The Kier molecular flexibility index (Phi) is 4.37. The van der Waals surface area contributed by atoms with Crippen molar-refractivity contribution in [2.45, 2.75) is 26.7 Å². The summed E-state index contributed by atoms with van der Waals surface area (Å²) in [6.07, 6.45) is 0.343. The van der Waals surface area contributed by atoms with E-state index in [-0.39, 0.29) is 35.6 Å². The van der Waals surface area contributed by atoms with Gasteiger partial charge in [0.05, 0.1) is 0 Å². The summed E-state index contributed by atoms with van der Waals surface area (Å²) < 4.78 is 0. The quantitative estimate of drug-likeness (QED) is 0.815. The van der Waals surface area contributed by atoms with Gasteiger partial charge in [-0.2, -0.15) is 0 Å². The fourth-order valence-corrected chi connectivity index (χ4v) is 1.30. The fourth-order valence-electron chi connectivity index (χ4n) is 1.06. The van der Waals surface area contributed by atoms with Gasteiger partial charge in [-0.15, -0.1) is 0 Å². The molecule has 0 aliphatic carbocycles. The maximum atomic E-state index is 11.4. The van der Waals surface area contributed by atoms with E-state index in [1.807, 2.05) is 0 Å². The second-order valence-corrected chi connectivity index (χ2v) is 3.79. The SMILES string of the molecule is CC(=O)CCC(=O)Nc1nc(C)cc(Cl)n1. The third-order valence-electron chi connectivity index (χ3n) is 1.78. The van der Waals surface area contributed by atoms with Gasteiger partial charge in [0, 0.05) is 18.5 Å². The Morgan fingerprint density at radius 1 is 1.38 bits per heavy atom. The lowest BCUT2D eigenvalue weighted by atomic mass is 10.2. The number of hydrogen-bond donors (Lipinski definition) is 1. The molecule has 0 aliphatic heterocycles. The molecule has 6 heteroatoms. The number of nitrogens with one attached hydrogen (secondary N) is 1. The number of aromatic nitrogens is 2. The molecule has 0 aromatic carbocycles. The van der Waals surface area contributed by atoms with Crippen molar-refractivity contribution in [2.75, 3.05) is 5.32 Å². The first-order valence-electron chi connectivity index (χ1n) is 4.78. The molecule has 0 radical (unpaired) electrons. The molecule has 1 aromatic heterocycles. The molecule has 5 nitrogen and oxygen atoms in total. The molecule has 1 rings (SSSR count). The molecular formula is C10H12ClN3O2. The minimum atomic E-state index is -0.295. The third-order valence-corrected chi connectivity index (χ3v) is 1.97. The van der Waals surface area contributed by atoms with Crippen LogP contribution in [0.4, 0.5) is 5.95 Å². The van der Waals surface area contributed by atoms with Crippen molar-refractivity contribution in [3.63, 3.8) is 0 Å². The molecule has 1 N–H and O–H groups in total. The van der Waals surface area contributed by atoms with Gasteiger partial charge in [-0.1, -0.05) is 11.6 Å². The number of rotatable bonds is 4. The summed E-state index contributed by atoms with van der Waals surface area (Å²) in [6.45, 7) is 3.19. The van der Waals surface area contributed by atoms with Crippen LogP contribution in [0.5, 0.6) is 0 Å². The maximum absolute atomic E-state index is 11.4. The number of halogens is 1. The number of carbonyl (C=O) groups is 2. The molecule has 1 amide bonds. The molecule has 0 saturated heterocycles. The summed E-state index contributed by atoms with van der Waals surface area (Å²) in [5.41, 5.74) is 0.668. The number of ketones is 1. The lowest BCUT2D eigenvalue weighted by Gasteiger charge is -2.03. The zero-order valence-electron chi connectivity index (χ0n) is 9.08. The van der Waals surface area contributed by atoms with Crippen LogP contribution in [0.2, 0.25) is 5.15 Å². The van der Waals surface area contributed by atoms with Crippen LogP contribution in [0.15, 0.2) is 6.07 Å². The first kappa shape index (κ1) is 12.6. The van der Waals surface area contributed by atoms with Gasteiger partial charge >= 0.3 is 0 Å². The summed E-state index contributed by atoms with van der Waals surface area (Å²) in [5, 5.41) is 2.75. The molecular weight excluding hydrogens is 230 g/mol. The van der Waals surface area contributed by atoms with E-state index in [0.29, 0.717) is 5.69 Å². The number of carbonyl (C=O) groups excluding carboxylic acids is 2. The monoisotopic (exact) mass is 241 g/mol. The molecule has 0 aliphatic rings. The first-order valence-corrected chi connectivity index (χ1v) is 5.15. The molecule has 0 spiro atoms. The van der Waals surface area contributed by atoms with E-state index in [0.717, 1.165) is 0 Å². The predicted octanol–water partition coefficient (Wildman–Crippen LogP) is 1.75. The normalized spacial score (nSPS) is 9.94. The summed E-state index contributed by atoms with van der Waals surface area (Å²) >= 11 is 5.70. The number of aryl methyl sites for hydroxylation is 1. The van der Waals surface area contributed by atoms with E-state index < -0.39 is 0 Å². The van der Waals surface area contributed by atoms with E-state index in [1.165, 1.54) is 6.92 Å². The number of amides is 1. The van der Waals surface area contributed by atoms with Crippen molar-refractivity contribution < 1.29 is 9.59 Å². The Labute approximate surface area is 98.2 Å². The van der Waals surface area contributed by atoms with Crippen LogP contribution < -0.4 is 5.32 Å². The van der Waals surface area contributed by atoms with Gasteiger partial charge in [-0.3, -0.25) is 10.1 Å². The van der Waals surface area contributed by atoms with Crippen LogP contribution in [0.1, 0.15) is 25.5 Å². The van der Waals surface area contributed by atoms with E-state index in [1.54, 1.807) is 13.0 Å². The topological polar surface area (TPSA) is 72.0 Å². The van der Waals surface area contributed by atoms with Crippen LogP contribution in [0.25, 0.3) is 0 Å². The van der Waals surface area contributed by atoms with Gasteiger partial charge in [0.15, 0.2) is 0 Å². The largest absolute Gasteiger partial charge is 0.300 e. The van der Waals surface area contributed by atoms with Gasteiger partial charge in [-0.25, -0.2) is 9.97 Å². The van der Waals surface area contributed by atoms with E-state index in [9.17, 15) is 9.59 Å². The van der Waals surface area contributed by atoms with E-state index >= 15 is 0 Å². The van der Waals surface area contributed by atoms with Crippen LogP contribution >= 0.6 is 11.6 Å². The average molecular weight is 242 g/mol. The Morgan fingerprint density at radius 3 is 2.62 bits per heavy atom. The van der Waals surface area contributed by atoms with Gasteiger partial charge < -0.3 is 4.79 Å². The number of Topliss-reactive ketones (excluding diaryl/α,β-unsaturated/α-hetero) is 1. The standard InChI is InChI=1S/C10H12ClN3O2/c1-6-5-8(11)13-10(12-6)14-9(16)4-3-7(2)15/h5H,3-4H2,1-2H3,(H,12,13,14,16). The molecule has 0 atom stereocenters. The van der Waals surface area contributed by atoms with Crippen molar-refractivity contribution in [3.8, 4) is 0 Å². The van der Waals surface area contributed by atoms with E-state index in [2.05, 4.69) is 15.3 Å². The number of hydrogen-bond acceptors (Lipinski definition) is 4. The molecule has 0 fully saturated rings.